The summed E-state index contributed by atoms with van der Waals surface area (Å²) in [7, 11) is 1.50. The topological polar surface area (TPSA) is 101 Å². The predicted molar refractivity (Wildman–Crippen MR) is 143 cm³/mol. The molecule has 0 spiro atoms. The highest BCUT2D eigenvalue weighted by Crippen LogP contribution is 2.56. The number of Topliss-reactive ketones (excluding diaryl/α,β-unsaturated/α-hetero) is 1. The number of aromatic hydroxyl groups is 1. The number of fused-ring (bicyclic) bond motifs is 3. The molecule has 1 heterocycles. The number of halogens is 2. The average molecular weight is 595 g/mol. The molecule has 4 atom stereocenters. The summed E-state index contributed by atoms with van der Waals surface area (Å²) in [5.74, 6) is -3.48. The van der Waals surface area contributed by atoms with Gasteiger partial charge in [0.2, 0.25) is 11.8 Å². The number of rotatable bonds is 3. The van der Waals surface area contributed by atoms with Crippen molar-refractivity contribution in [3.05, 3.63) is 86.4 Å². The van der Waals surface area contributed by atoms with Gasteiger partial charge in [-0.2, -0.15) is 0 Å². The van der Waals surface area contributed by atoms with E-state index < -0.39 is 23.7 Å². The normalized spacial score (nSPS) is 26.6. The van der Waals surface area contributed by atoms with Crippen molar-refractivity contribution in [2.24, 2.45) is 17.8 Å². The highest BCUT2D eigenvalue weighted by molar-refractivity contribution is 9.12. The molecule has 1 fully saturated rings. The van der Waals surface area contributed by atoms with Crippen molar-refractivity contribution in [2.45, 2.75) is 18.8 Å². The maximum absolute atomic E-state index is 13.9. The van der Waals surface area contributed by atoms with Crippen LogP contribution in [0, 0.1) is 17.8 Å². The molecule has 4 unspecified atom stereocenters. The van der Waals surface area contributed by atoms with E-state index >= 15 is 0 Å². The number of carbonyl (C=O) groups excluding carboxylic acids is 4. The zero-order valence-corrected chi connectivity index (χ0v) is 22.5. The van der Waals surface area contributed by atoms with Crippen LogP contribution in [0.5, 0.6) is 11.5 Å². The summed E-state index contributed by atoms with van der Waals surface area (Å²) < 4.78 is 5.52. The van der Waals surface area contributed by atoms with Crippen molar-refractivity contribution in [1.82, 2.24) is 0 Å². The number of phenols is 1. The maximum Gasteiger partial charge on any atom is 0.238 e. The van der Waals surface area contributed by atoms with Crippen LogP contribution in [-0.2, 0) is 19.2 Å². The van der Waals surface area contributed by atoms with Gasteiger partial charge in [-0.1, -0.05) is 23.3 Å². The molecule has 1 aliphatic heterocycles. The van der Waals surface area contributed by atoms with E-state index in [4.69, 9.17) is 16.3 Å². The molecular weight excluding hydrogens is 574 g/mol. The molecule has 2 aromatic rings. The standard InChI is InChI=1S/C29H21BrClNO6/c1-38-15-6-9-22(33)19(10-15)24-16-7-8-17-25(18(16)11-20-26(24)23(34)12-21(30)27(20)35)29(37)32(28(17)36)14-4-2-13(31)3-5-14/h2-7,9-10,12,17-18,24-25,33H,8,11H2,1H3. The van der Waals surface area contributed by atoms with Crippen LogP contribution in [0.25, 0.3) is 0 Å². The van der Waals surface area contributed by atoms with Crippen LogP contribution in [0.4, 0.5) is 5.69 Å². The Morgan fingerprint density at radius 2 is 1.76 bits per heavy atom. The van der Waals surface area contributed by atoms with Gasteiger partial charge in [-0.25, -0.2) is 0 Å². The molecule has 0 radical (unpaired) electrons. The van der Waals surface area contributed by atoms with Crippen molar-refractivity contribution in [2.75, 3.05) is 12.0 Å². The predicted octanol–water partition coefficient (Wildman–Crippen LogP) is 5.02. The summed E-state index contributed by atoms with van der Waals surface area (Å²) in [6, 6.07) is 11.2. The fraction of sp³-hybridized carbons (Fsp3) is 0.241. The van der Waals surface area contributed by atoms with Gasteiger partial charge >= 0.3 is 0 Å². The number of ether oxygens (including phenoxy) is 1. The third kappa shape index (κ3) is 3.61. The molecule has 2 amide bonds. The molecule has 9 heteroatoms. The van der Waals surface area contributed by atoms with Crippen LogP contribution < -0.4 is 9.64 Å². The largest absolute Gasteiger partial charge is 0.508 e. The molecular formula is C29H21BrClNO6. The second kappa shape index (κ2) is 9.06. The summed E-state index contributed by atoms with van der Waals surface area (Å²) in [4.78, 5) is 55.2. The summed E-state index contributed by atoms with van der Waals surface area (Å²) in [5, 5.41) is 11.4. The Bertz CT molecular complexity index is 1540. The summed E-state index contributed by atoms with van der Waals surface area (Å²) >= 11 is 9.23. The van der Waals surface area contributed by atoms with Gasteiger partial charge in [0.15, 0.2) is 11.6 Å². The molecule has 0 bridgehead atoms. The molecule has 7 nitrogen and oxygen atoms in total. The highest BCUT2D eigenvalue weighted by atomic mass is 79.9. The molecule has 0 saturated carbocycles. The minimum Gasteiger partial charge on any atom is -0.508 e. The van der Waals surface area contributed by atoms with Crippen molar-refractivity contribution >= 4 is 56.6 Å². The zero-order chi connectivity index (χ0) is 26.9. The molecule has 4 aliphatic rings. The van der Waals surface area contributed by atoms with Crippen LogP contribution in [0.3, 0.4) is 0 Å². The zero-order valence-electron chi connectivity index (χ0n) is 20.1. The van der Waals surface area contributed by atoms with Crippen LogP contribution >= 0.6 is 27.5 Å². The van der Waals surface area contributed by atoms with Gasteiger partial charge in [-0.05, 0) is 77.2 Å². The van der Waals surface area contributed by atoms with Gasteiger partial charge in [-0.15, -0.1) is 0 Å². The van der Waals surface area contributed by atoms with Gasteiger partial charge < -0.3 is 9.84 Å². The molecule has 192 valence electrons. The fourth-order valence-corrected chi connectivity index (χ4v) is 6.87. The first-order chi connectivity index (χ1) is 18.2. The Kier molecular flexibility index (Phi) is 5.92. The van der Waals surface area contributed by atoms with Crippen molar-refractivity contribution < 1.29 is 29.0 Å². The van der Waals surface area contributed by atoms with E-state index in [0.29, 0.717) is 34.0 Å². The maximum atomic E-state index is 13.9. The molecule has 1 saturated heterocycles. The molecule has 1 N–H and O–H groups in total. The van der Waals surface area contributed by atoms with Gasteiger partial charge in [0.25, 0.3) is 0 Å². The monoisotopic (exact) mass is 593 g/mol. The fourth-order valence-electron chi connectivity index (χ4n) is 6.30. The number of hydrogen-bond acceptors (Lipinski definition) is 6. The smallest absolute Gasteiger partial charge is 0.238 e. The molecule has 0 aromatic heterocycles. The minimum absolute atomic E-state index is 0.0585. The number of allylic oxidation sites excluding steroid dienone is 6. The number of amides is 2. The Balaban J connectivity index is 1.51. The van der Waals surface area contributed by atoms with E-state index in [2.05, 4.69) is 15.9 Å². The van der Waals surface area contributed by atoms with E-state index in [1.54, 1.807) is 36.4 Å². The van der Waals surface area contributed by atoms with E-state index in [1.807, 2.05) is 6.08 Å². The van der Waals surface area contributed by atoms with E-state index in [9.17, 15) is 24.3 Å². The Hall–Kier alpha value is -3.49. The van der Waals surface area contributed by atoms with Crippen molar-refractivity contribution in [3.8, 4) is 11.5 Å². The number of phenolic OH excluding ortho intramolecular Hbond substituents is 1. The van der Waals surface area contributed by atoms with Crippen LogP contribution in [0.15, 0.2) is 75.8 Å². The van der Waals surface area contributed by atoms with E-state index in [0.717, 1.165) is 5.57 Å². The lowest BCUT2D eigenvalue weighted by Crippen LogP contribution is -2.39. The van der Waals surface area contributed by atoms with Gasteiger partial charge in [0.1, 0.15) is 11.5 Å². The molecule has 3 aliphatic carbocycles. The first-order valence-corrected chi connectivity index (χ1v) is 13.3. The average Bonchev–Trinajstić information content (AvgIpc) is 3.17. The van der Waals surface area contributed by atoms with Crippen LogP contribution in [0.1, 0.15) is 24.3 Å². The highest BCUT2D eigenvalue weighted by Gasteiger charge is 2.56. The molecule has 2 aromatic carbocycles. The molecule has 38 heavy (non-hydrogen) atoms. The SMILES string of the molecule is COc1ccc(O)c(C2C3=CCC4C(=O)N(c5ccc(Cl)cc5)C(=O)C4C3CC3=C2C(=O)C=C(Br)C3=O)c1. The summed E-state index contributed by atoms with van der Waals surface area (Å²) in [5.41, 5.74) is 2.18. The van der Waals surface area contributed by atoms with Crippen molar-refractivity contribution in [3.63, 3.8) is 0 Å². The third-order valence-electron chi connectivity index (χ3n) is 7.96. The number of benzene rings is 2. The Labute approximate surface area is 231 Å². The third-order valence-corrected chi connectivity index (χ3v) is 8.80. The summed E-state index contributed by atoms with van der Waals surface area (Å²) in [6.45, 7) is 0. The number of ketones is 2. The second-order valence-electron chi connectivity index (χ2n) is 9.81. The first-order valence-electron chi connectivity index (χ1n) is 12.1. The Morgan fingerprint density at radius 1 is 1.03 bits per heavy atom. The van der Waals surface area contributed by atoms with Crippen molar-refractivity contribution in [1.29, 1.82) is 0 Å². The number of hydrogen-bond donors (Lipinski definition) is 1. The number of carbonyl (C=O) groups is 4. The van der Waals surface area contributed by atoms with E-state index in [-0.39, 0.29) is 45.6 Å². The minimum atomic E-state index is -0.763. The lowest BCUT2D eigenvalue weighted by Gasteiger charge is -2.42. The lowest BCUT2D eigenvalue weighted by molar-refractivity contribution is -0.123. The quantitative estimate of drug-likeness (QED) is 0.304. The summed E-state index contributed by atoms with van der Waals surface area (Å²) in [6.07, 6.45) is 3.60. The van der Waals surface area contributed by atoms with Gasteiger partial charge in [0.05, 0.1) is 29.1 Å². The van der Waals surface area contributed by atoms with Crippen LogP contribution in [-0.4, -0.2) is 35.6 Å². The number of nitrogens with zero attached hydrogens (tertiary/aromatic N) is 1. The van der Waals surface area contributed by atoms with E-state index in [1.165, 1.54) is 24.2 Å². The van der Waals surface area contributed by atoms with Crippen LogP contribution in [0.2, 0.25) is 5.02 Å². The van der Waals surface area contributed by atoms with Gasteiger partial charge in [0, 0.05) is 33.7 Å². The van der Waals surface area contributed by atoms with Gasteiger partial charge in [-0.3, -0.25) is 24.1 Å². The lowest BCUT2D eigenvalue weighted by atomic mass is 9.59. The Morgan fingerprint density at radius 3 is 2.47 bits per heavy atom. The second-order valence-corrected chi connectivity index (χ2v) is 11.1. The number of methoxy groups -OCH3 is 1. The number of imide groups is 1. The molecule has 6 rings (SSSR count). The number of anilines is 1. The first kappa shape index (κ1) is 24.8.